The molecule has 2 aliphatic rings. The lowest BCUT2D eigenvalue weighted by Gasteiger charge is -2.22. The second-order valence-electron chi connectivity index (χ2n) is 7.98. The van der Waals surface area contributed by atoms with Crippen LogP contribution in [0.3, 0.4) is 0 Å². The predicted molar refractivity (Wildman–Crippen MR) is 110 cm³/mol. The summed E-state index contributed by atoms with van der Waals surface area (Å²) >= 11 is 0. The number of nitrogens with zero attached hydrogens (tertiary/aromatic N) is 2. The van der Waals surface area contributed by atoms with Crippen molar-refractivity contribution in [3.63, 3.8) is 0 Å². The van der Waals surface area contributed by atoms with E-state index in [0.29, 0.717) is 19.3 Å². The number of pyridine rings is 1. The van der Waals surface area contributed by atoms with Crippen molar-refractivity contribution in [3.05, 3.63) is 69.8 Å². The molecule has 0 saturated carbocycles. The average Bonchev–Trinajstić information content (AvgIpc) is 3.03. The van der Waals surface area contributed by atoms with E-state index in [1.165, 1.54) is 16.9 Å². The van der Waals surface area contributed by atoms with E-state index in [1.807, 2.05) is 31.2 Å². The van der Waals surface area contributed by atoms with Crippen LogP contribution in [0.5, 0.6) is 11.5 Å². The number of ether oxygens (including phenoxy) is 2. The van der Waals surface area contributed by atoms with Crippen LogP contribution < -0.4 is 19.9 Å². The van der Waals surface area contributed by atoms with Crippen LogP contribution in [0.25, 0.3) is 5.65 Å². The second-order valence-corrected chi connectivity index (χ2v) is 7.98. The van der Waals surface area contributed by atoms with Gasteiger partial charge in [0.1, 0.15) is 23.9 Å². The predicted octanol–water partition coefficient (Wildman–Crippen LogP) is 2.08. The number of aromatic nitrogens is 2. The van der Waals surface area contributed by atoms with Gasteiger partial charge in [-0.15, -0.1) is 0 Å². The van der Waals surface area contributed by atoms with Crippen molar-refractivity contribution in [2.24, 2.45) is 0 Å². The molecule has 6 heteroatoms. The number of hydrogen-bond donors (Lipinski definition) is 1. The lowest BCUT2D eigenvalue weighted by atomic mass is 10.0. The SMILES string of the molecule is Cc1cccc2nc(C[NH+]3CCC[C@@H]3c3ccc4c(c3)OCCCO4)cc(=O)n12. The second kappa shape index (κ2) is 7.52. The summed E-state index contributed by atoms with van der Waals surface area (Å²) in [6, 6.07) is 14.2. The third-order valence-corrected chi connectivity index (χ3v) is 6.00. The minimum absolute atomic E-state index is 0.00572. The van der Waals surface area contributed by atoms with Gasteiger partial charge in [-0.1, -0.05) is 6.07 Å². The summed E-state index contributed by atoms with van der Waals surface area (Å²) in [6.07, 6.45) is 3.20. The van der Waals surface area contributed by atoms with Crippen LogP contribution in [0.4, 0.5) is 0 Å². The molecule has 1 N–H and O–H groups in total. The summed E-state index contributed by atoms with van der Waals surface area (Å²) in [7, 11) is 0. The van der Waals surface area contributed by atoms with E-state index in [9.17, 15) is 4.79 Å². The first kappa shape index (κ1) is 18.2. The third-order valence-electron chi connectivity index (χ3n) is 6.00. The van der Waals surface area contributed by atoms with Gasteiger partial charge in [0.2, 0.25) is 0 Å². The zero-order valence-electron chi connectivity index (χ0n) is 16.7. The van der Waals surface area contributed by atoms with Crippen LogP contribution in [0.2, 0.25) is 0 Å². The lowest BCUT2D eigenvalue weighted by Crippen LogP contribution is -3.09. The van der Waals surface area contributed by atoms with E-state index in [-0.39, 0.29) is 5.56 Å². The van der Waals surface area contributed by atoms with Gasteiger partial charge in [-0.2, -0.15) is 0 Å². The van der Waals surface area contributed by atoms with Crippen LogP contribution in [-0.2, 0) is 6.54 Å². The van der Waals surface area contributed by atoms with E-state index in [4.69, 9.17) is 14.5 Å². The molecule has 6 nitrogen and oxygen atoms in total. The molecule has 0 radical (unpaired) electrons. The van der Waals surface area contributed by atoms with Gasteiger partial charge >= 0.3 is 0 Å². The summed E-state index contributed by atoms with van der Waals surface area (Å²) in [5, 5.41) is 0. The largest absolute Gasteiger partial charge is 0.490 e. The van der Waals surface area contributed by atoms with Crippen molar-refractivity contribution in [1.29, 1.82) is 0 Å². The van der Waals surface area contributed by atoms with Crippen molar-refractivity contribution >= 4 is 5.65 Å². The molecule has 3 aromatic rings. The molecular weight excluding hydrogens is 366 g/mol. The maximum Gasteiger partial charge on any atom is 0.258 e. The summed E-state index contributed by atoms with van der Waals surface area (Å²) in [5.41, 5.74) is 3.75. The first-order chi connectivity index (χ1) is 14.2. The van der Waals surface area contributed by atoms with Gasteiger partial charge < -0.3 is 14.4 Å². The Morgan fingerprint density at radius 1 is 1.10 bits per heavy atom. The molecule has 1 aromatic carbocycles. The highest BCUT2D eigenvalue weighted by Gasteiger charge is 2.31. The van der Waals surface area contributed by atoms with Crippen LogP contribution in [0.1, 0.15) is 42.3 Å². The number of benzene rings is 1. The number of likely N-dealkylation sites (tertiary alicyclic amines) is 1. The average molecular weight is 392 g/mol. The first-order valence-electron chi connectivity index (χ1n) is 10.4. The number of quaternary nitrogens is 1. The monoisotopic (exact) mass is 392 g/mol. The lowest BCUT2D eigenvalue weighted by molar-refractivity contribution is -0.932. The molecule has 2 atom stereocenters. The van der Waals surface area contributed by atoms with Crippen LogP contribution in [0.15, 0.2) is 47.3 Å². The molecule has 1 saturated heterocycles. The van der Waals surface area contributed by atoms with Crippen LogP contribution in [-0.4, -0.2) is 29.1 Å². The van der Waals surface area contributed by atoms with Crippen LogP contribution in [0, 0.1) is 6.92 Å². The number of fused-ring (bicyclic) bond motifs is 2. The molecule has 0 spiro atoms. The Kier molecular flexibility index (Phi) is 4.72. The van der Waals surface area contributed by atoms with E-state index in [1.54, 1.807) is 10.5 Å². The maximum atomic E-state index is 12.6. The van der Waals surface area contributed by atoms with Gasteiger partial charge in [0, 0.05) is 36.6 Å². The summed E-state index contributed by atoms with van der Waals surface area (Å²) in [4.78, 5) is 18.8. The zero-order chi connectivity index (χ0) is 19.8. The van der Waals surface area contributed by atoms with Gasteiger partial charge in [0.25, 0.3) is 5.56 Å². The van der Waals surface area contributed by atoms with E-state index < -0.39 is 0 Å². The smallest absolute Gasteiger partial charge is 0.258 e. The Bertz CT molecular complexity index is 1110. The van der Waals surface area contributed by atoms with Crippen molar-refractivity contribution in [1.82, 2.24) is 9.38 Å². The first-order valence-corrected chi connectivity index (χ1v) is 10.4. The van der Waals surface area contributed by atoms with Crippen molar-refractivity contribution < 1.29 is 14.4 Å². The Labute approximate surface area is 169 Å². The molecule has 5 rings (SSSR count). The Morgan fingerprint density at radius 2 is 1.97 bits per heavy atom. The highest BCUT2D eigenvalue weighted by molar-refractivity contribution is 5.44. The van der Waals surface area contributed by atoms with Gasteiger partial charge in [0.05, 0.1) is 19.8 Å². The summed E-state index contributed by atoms with van der Waals surface area (Å²) in [6.45, 7) is 5.16. The van der Waals surface area contributed by atoms with E-state index in [0.717, 1.165) is 54.5 Å². The van der Waals surface area contributed by atoms with Crippen molar-refractivity contribution in [2.45, 2.75) is 38.8 Å². The number of nitrogens with one attached hydrogen (secondary N) is 1. The topological polar surface area (TPSA) is 57.3 Å². The Balaban J connectivity index is 1.43. The van der Waals surface area contributed by atoms with Gasteiger partial charge in [-0.05, 0) is 37.3 Å². The maximum absolute atomic E-state index is 12.6. The quantitative estimate of drug-likeness (QED) is 0.742. The number of rotatable bonds is 3. The molecule has 4 heterocycles. The molecule has 0 bridgehead atoms. The molecule has 1 unspecified atom stereocenters. The minimum atomic E-state index is -0.00572. The highest BCUT2D eigenvalue weighted by atomic mass is 16.5. The van der Waals surface area contributed by atoms with Gasteiger partial charge in [0.15, 0.2) is 11.5 Å². The number of aryl methyl sites for hydroxylation is 1. The molecular formula is C23H26N3O3+. The third kappa shape index (κ3) is 3.49. The molecule has 1 fully saturated rings. The fraction of sp³-hybridized carbons (Fsp3) is 0.391. The van der Waals surface area contributed by atoms with Crippen molar-refractivity contribution in [2.75, 3.05) is 19.8 Å². The van der Waals surface area contributed by atoms with Gasteiger partial charge in [-0.3, -0.25) is 9.20 Å². The molecule has 150 valence electrons. The molecule has 2 aromatic heterocycles. The summed E-state index contributed by atoms with van der Waals surface area (Å²) < 4.78 is 13.3. The fourth-order valence-electron chi connectivity index (χ4n) is 4.61. The Morgan fingerprint density at radius 3 is 2.86 bits per heavy atom. The van der Waals surface area contributed by atoms with Gasteiger partial charge in [-0.25, -0.2) is 4.98 Å². The fourth-order valence-corrected chi connectivity index (χ4v) is 4.61. The number of hydrogen-bond acceptors (Lipinski definition) is 4. The van der Waals surface area contributed by atoms with E-state index >= 15 is 0 Å². The normalized spacial score (nSPS) is 21.3. The zero-order valence-corrected chi connectivity index (χ0v) is 16.7. The molecule has 0 amide bonds. The van der Waals surface area contributed by atoms with E-state index in [2.05, 4.69) is 12.1 Å². The standard InChI is InChI=1S/C23H25N3O3/c1-16-5-2-7-22-24-18(14-23(27)26(16)22)15-25-10-3-6-19(25)17-8-9-20-21(13-17)29-12-4-11-28-20/h2,5,7-9,13-14,19H,3-4,6,10-12,15H2,1H3/p+1/t19-/m1/s1. The minimum Gasteiger partial charge on any atom is -0.490 e. The molecule has 2 aliphatic heterocycles. The molecule has 29 heavy (non-hydrogen) atoms. The Hall–Kier alpha value is -2.86. The van der Waals surface area contributed by atoms with Crippen LogP contribution >= 0.6 is 0 Å². The highest BCUT2D eigenvalue weighted by Crippen LogP contribution is 2.33. The summed E-state index contributed by atoms with van der Waals surface area (Å²) in [5.74, 6) is 1.69. The van der Waals surface area contributed by atoms with Crippen molar-refractivity contribution in [3.8, 4) is 11.5 Å². The molecule has 0 aliphatic carbocycles.